The number of thiophene rings is 1. The van der Waals surface area contributed by atoms with E-state index >= 15 is 0 Å². The molecule has 2 aromatic rings. The number of aliphatic hydroxyl groups is 1. The van der Waals surface area contributed by atoms with E-state index in [0.29, 0.717) is 30.1 Å². The third-order valence-electron chi connectivity index (χ3n) is 4.55. The van der Waals surface area contributed by atoms with Gasteiger partial charge in [0.2, 0.25) is 5.78 Å². The maximum absolute atomic E-state index is 12.8. The molecule has 0 aliphatic carbocycles. The van der Waals surface area contributed by atoms with Crippen LogP contribution in [-0.2, 0) is 0 Å². The first-order valence-corrected chi connectivity index (χ1v) is 8.17. The first-order valence-electron chi connectivity index (χ1n) is 7.29. The monoisotopic (exact) mass is 312 g/mol. The lowest BCUT2D eigenvalue weighted by Crippen LogP contribution is -2.48. The van der Waals surface area contributed by atoms with E-state index in [1.807, 2.05) is 48.4 Å². The maximum Gasteiger partial charge on any atom is 0.204 e. The smallest absolute Gasteiger partial charge is 0.204 e. The molecule has 22 heavy (non-hydrogen) atoms. The number of nitrogens with zero attached hydrogens (tertiary/aromatic N) is 2. The van der Waals surface area contributed by atoms with Crippen LogP contribution >= 0.6 is 11.3 Å². The van der Waals surface area contributed by atoms with Gasteiger partial charge in [-0.05, 0) is 54.6 Å². The highest BCUT2D eigenvalue weighted by Crippen LogP contribution is 2.41. The van der Waals surface area contributed by atoms with Crippen LogP contribution in [0.2, 0.25) is 0 Å². The lowest BCUT2D eigenvalue weighted by Gasteiger charge is -2.29. The Morgan fingerprint density at radius 2 is 2.09 bits per heavy atom. The van der Waals surface area contributed by atoms with Gasteiger partial charge in [0, 0.05) is 18.5 Å². The van der Waals surface area contributed by atoms with Gasteiger partial charge in [-0.1, -0.05) is 0 Å². The van der Waals surface area contributed by atoms with Crippen LogP contribution < -0.4 is 4.90 Å². The highest BCUT2D eigenvalue weighted by Gasteiger charge is 2.52. The number of carbonyl (C=O) groups is 1. The van der Waals surface area contributed by atoms with Crippen LogP contribution in [0.1, 0.15) is 27.9 Å². The van der Waals surface area contributed by atoms with Crippen molar-refractivity contribution >= 4 is 33.6 Å². The topological polar surface area (TPSA) is 52.9 Å². The number of hydrogen-bond donors (Lipinski definition) is 1. The molecule has 4 nitrogen and oxygen atoms in total. The molecule has 2 aliphatic heterocycles. The van der Waals surface area contributed by atoms with Crippen LogP contribution in [0.5, 0.6) is 0 Å². The van der Waals surface area contributed by atoms with Gasteiger partial charge in [-0.2, -0.15) is 0 Å². The summed E-state index contributed by atoms with van der Waals surface area (Å²) in [5.41, 5.74) is 1.85. The first-order chi connectivity index (χ1) is 10.5. The Hall–Kier alpha value is -1.98. The standard InChI is InChI=1S/C17H16N2O2S/c1-10-8-12-13(9-11(10)2)18-16-17(21,15(12)20)5-6-19(16)14-4-3-7-22-14/h3-4,7-9,21H,5-6H2,1-2H3. The number of anilines is 1. The minimum atomic E-state index is -1.49. The highest BCUT2D eigenvalue weighted by atomic mass is 32.1. The van der Waals surface area contributed by atoms with E-state index < -0.39 is 5.60 Å². The average Bonchev–Trinajstić information content (AvgIpc) is 3.11. The van der Waals surface area contributed by atoms with Crippen LogP contribution in [0.15, 0.2) is 34.6 Å². The molecule has 1 aromatic heterocycles. The van der Waals surface area contributed by atoms with Gasteiger partial charge in [0.25, 0.3) is 0 Å². The van der Waals surface area contributed by atoms with E-state index in [1.165, 1.54) is 0 Å². The molecular weight excluding hydrogens is 296 g/mol. The third-order valence-corrected chi connectivity index (χ3v) is 5.44. The molecule has 1 fully saturated rings. The number of aliphatic imine (C=N–C) groups is 1. The van der Waals surface area contributed by atoms with Gasteiger partial charge in [-0.3, -0.25) is 4.79 Å². The molecule has 112 valence electrons. The summed E-state index contributed by atoms with van der Waals surface area (Å²) < 4.78 is 0. The molecule has 1 N–H and O–H groups in total. The van der Waals surface area contributed by atoms with Gasteiger partial charge < -0.3 is 10.0 Å². The summed E-state index contributed by atoms with van der Waals surface area (Å²) in [6, 6.07) is 7.72. The number of benzene rings is 1. The van der Waals surface area contributed by atoms with E-state index in [1.54, 1.807) is 11.3 Å². The fourth-order valence-electron chi connectivity index (χ4n) is 3.13. The Morgan fingerprint density at radius 3 is 2.82 bits per heavy atom. The molecule has 0 bridgehead atoms. The molecule has 1 aromatic carbocycles. The molecule has 3 heterocycles. The van der Waals surface area contributed by atoms with Gasteiger partial charge in [-0.25, -0.2) is 4.99 Å². The Morgan fingerprint density at radius 1 is 1.32 bits per heavy atom. The molecule has 0 saturated carbocycles. The summed E-state index contributed by atoms with van der Waals surface area (Å²) in [4.78, 5) is 19.5. The molecule has 0 amide bonds. The summed E-state index contributed by atoms with van der Waals surface area (Å²) in [7, 11) is 0. The SMILES string of the molecule is Cc1cc2c(cc1C)C(=O)C1(O)CCN(c3cccs3)C1=N2. The van der Waals surface area contributed by atoms with E-state index in [4.69, 9.17) is 0 Å². The Bertz CT molecular complexity index is 810. The second kappa shape index (κ2) is 4.51. The maximum atomic E-state index is 12.8. The van der Waals surface area contributed by atoms with Gasteiger partial charge in [0.1, 0.15) is 0 Å². The number of Topliss-reactive ketones (excluding diaryl/α,β-unsaturated/α-hetero) is 1. The molecule has 1 saturated heterocycles. The minimum absolute atomic E-state index is 0.227. The number of fused-ring (bicyclic) bond motifs is 2. The lowest BCUT2D eigenvalue weighted by atomic mass is 9.86. The van der Waals surface area contributed by atoms with Crippen molar-refractivity contribution in [3.05, 3.63) is 46.3 Å². The number of ketones is 1. The lowest BCUT2D eigenvalue weighted by molar-refractivity contribution is 0.0602. The zero-order valence-electron chi connectivity index (χ0n) is 12.5. The Labute approximate surface area is 132 Å². The zero-order valence-corrected chi connectivity index (χ0v) is 13.3. The zero-order chi connectivity index (χ0) is 15.5. The molecule has 4 rings (SSSR count). The van der Waals surface area contributed by atoms with Crippen LogP contribution in [0, 0.1) is 13.8 Å². The summed E-state index contributed by atoms with van der Waals surface area (Å²) >= 11 is 1.59. The van der Waals surface area contributed by atoms with Crippen molar-refractivity contribution in [1.29, 1.82) is 0 Å². The van der Waals surface area contributed by atoms with Crippen molar-refractivity contribution in [2.75, 3.05) is 11.4 Å². The molecule has 5 heteroatoms. The second-order valence-electron chi connectivity index (χ2n) is 5.93. The van der Waals surface area contributed by atoms with Gasteiger partial charge in [0.05, 0.1) is 10.7 Å². The quantitative estimate of drug-likeness (QED) is 0.879. The normalized spacial score (nSPS) is 23.3. The largest absolute Gasteiger partial charge is 0.374 e. The summed E-state index contributed by atoms with van der Waals surface area (Å²) in [5, 5.41) is 13.9. The van der Waals surface area contributed by atoms with Gasteiger partial charge >= 0.3 is 0 Å². The third kappa shape index (κ3) is 1.72. The Balaban J connectivity index is 1.91. The minimum Gasteiger partial charge on any atom is -0.374 e. The predicted octanol–water partition coefficient (Wildman–Crippen LogP) is 3.23. The summed E-state index contributed by atoms with van der Waals surface area (Å²) in [5.74, 6) is 0.241. The van der Waals surface area contributed by atoms with Crippen molar-refractivity contribution in [3.8, 4) is 0 Å². The van der Waals surface area contributed by atoms with Crippen LogP contribution in [0.4, 0.5) is 10.7 Å². The number of aryl methyl sites for hydroxylation is 2. The average molecular weight is 312 g/mol. The Kier molecular flexibility index (Phi) is 2.80. The van der Waals surface area contributed by atoms with Crippen molar-refractivity contribution < 1.29 is 9.90 Å². The van der Waals surface area contributed by atoms with Gasteiger partial charge in [0.15, 0.2) is 11.4 Å². The molecular formula is C17H16N2O2S. The molecule has 0 spiro atoms. The summed E-state index contributed by atoms with van der Waals surface area (Å²) in [6.07, 6.45) is 0.384. The molecule has 2 aliphatic rings. The van der Waals surface area contributed by atoms with Crippen LogP contribution in [-0.4, -0.2) is 28.9 Å². The number of carbonyl (C=O) groups excluding carboxylic acids is 1. The first kappa shape index (κ1) is 13.7. The van der Waals surface area contributed by atoms with Crippen LogP contribution in [0.25, 0.3) is 0 Å². The van der Waals surface area contributed by atoms with Crippen molar-refractivity contribution in [2.45, 2.75) is 25.9 Å². The molecule has 1 atom stereocenters. The molecule has 1 unspecified atom stereocenters. The second-order valence-corrected chi connectivity index (χ2v) is 6.86. The van der Waals surface area contributed by atoms with E-state index in [9.17, 15) is 9.90 Å². The predicted molar refractivity (Wildman–Crippen MR) is 88.6 cm³/mol. The number of rotatable bonds is 1. The number of amidine groups is 1. The van der Waals surface area contributed by atoms with Gasteiger partial charge in [-0.15, -0.1) is 11.3 Å². The van der Waals surface area contributed by atoms with E-state index in [0.717, 1.165) is 16.1 Å². The van der Waals surface area contributed by atoms with Crippen molar-refractivity contribution in [2.24, 2.45) is 4.99 Å². The van der Waals surface area contributed by atoms with Crippen LogP contribution in [0.3, 0.4) is 0 Å². The van der Waals surface area contributed by atoms with Crippen molar-refractivity contribution in [1.82, 2.24) is 0 Å². The number of hydrogen-bond acceptors (Lipinski definition) is 5. The van der Waals surface area contributed by atoms with Crippen molar-refractivity contribution in [3.63, 3.8) is 0 Å². The highest BCUT2D eigenvalue weighted by molar-refractivity contribution is 7.14. The summed E-state index contributed by atoms with van der Waals surface area (Å²) in [6.45, 7) is 4.58. The van der Waals surface area contributed by atoms with E-state index in [-0.39, 0.29) is 5.78 Å². The molecule has 0 radical (unpaired) electrons. The van der Waals surface area contributed by atoms with E-state index in [2.05, 4.69) is 4.99 Å². The fourth-order valence-corrected chi connectivity index (χ4v) is 3.89. The fraction of sp³-hybridized carbons (Fsp3) is 0.294.